The molecule has 2 aromatic rings. The molecule has 104 valence electrons. The fourth-order valence-electron chi connectivity index (χ4n) is 2.53. The van der Waals surface area contributed by atoms with E-state index in [1.807, 2.05) is 19.1 Å². The van der Waals surface area contributed by atoms with Crippen LogP contribution in [0.2, 0.25) is 0 Å². The standard InChI is InChI=1S/C14H17N5O/c1-3-20-14-17-12(15)16-13(18-14)19-9(2)8-10-6-4-5-7-11(10)19/h4-7,9H,3,8H2,1-2H3,(H2,15,16,17,18). The summed E-state index contributed by atoms with van der Waals surface area (Å²) in [4.78, 5) is 14.7. The van der Waals surface area contributed by atoms with Gasteiger partial charge in [-0.05, 0) is 31.9 Å². The number of nitrogens with two attached hydrogens (primary N) is 1. The van der Waals surface area contributed by atoms with Gasteiger partial charge in [-0.3, -0.25) is 0 Å². The number of aromatic nitrogens is 3. The molecule has 0 saturated heterocycles. The topological polar surface area (TPSA) is 77.2 Å². The minimum atomic E-state index is 0.176. The maximum Gasteiger partial charge on any atom is 0.323 e. The third-order valence-electron chi connectivity index (χ3n) is 3.32. The minimum absolute atomic E-state index is 0.176. The number of fused-ring (bicyclic) bond motifs is 1. The lowest BCUT2D eigenvalue weighted by Gasteiger charge is -2.22. The lowest BCUT2D eigenvalue weighted by molar-refractivity contribution is 0.312. The molecule has 0 fully saturated rings. The van der Waals surface area contributed by atoms with Crippen molar-refractivity contribution in [3.8, 4) is 6.01 Å². The first kappa shape index (κ1) is 12.7. The fourth-order valence-corrected chi connectivity index (χ4v) is 2.53. The van der Waals surface area contributed by atoms with Crippen molar-refractivity contribution in [3.63, 3.8) is 0 Å². The molecule has 0 bridgehead atoms. The molecule has 1 aliphatic heterocycles. The summed E-state index contributed by atoms with van der Waals surface area (Å²) in [7, 11) is 0. The molecule has 0 spiro atoms. The average molecular weight is 271 g/mol. The number of nitrogens with zero attached hydrogens (tertiary/aromatic N) is 4. The third kappa shape index (κ3) is 2.13. The molecule has 6 nitrogen and oxygen atoms in total. The van der Waals surface area contributed by atoms with Crippen LogP contribution < -0.4 is 15.4 Å². The SMILES string of the molecule is CCOc1nc(N)nc(N2c3ccccc3CC2C)n1. The van der Waals surface area contributed by atoms with Crippen LogP contribution in [0.5, 0.6) is 6.01 Å². The second kappa shape index (κ2) is 4.96. The Kier molecular flexibility index (Phi) is 3.14. The zero-order valence-corrected chi connectivity index (χ0v) is 11.6. The molecule has 0 amide bonds. The van der Waals surface area contributed by atoms with Gasteiger partial charge >= 0.3 is 6.01 Å². The lowest BCUT2D eigenvalue weighted by Crippen LogP contribution is -2.26. The Morgan fingerprint density at radius 2 is 2.10 bits per heavy atom. The minimum Gasteiger partial charge on any atom is -0.464 e. The summed E-state index contributed by atoms with van der Waals surface area (Å²) >= 11 is 0. The van der Waals surface area contributed by atoms with E-state index in [-0.39, 0.29) is 18.0 Å². The summed E-state index contributed by atoms with van der Waals surface area (Å²) in [5.41, 5.74) is 8.16. The monoisotopic (exact) mass is 271 g/mol. The maximum atomic E-state index is 5.75. The molecule has 2 N–H and O–H groups in total. The van der Waals surface area contributed by atoms with Gasteiger partial charge in [0.05, 0.1) is 6.61 Å². The Morgan fingerprint density at radius 3 is 2.90 bits per heavy atom. The van der Waals surface area contributed by atoms with Crippen molar-refractivity contribution in [1.82, 2.24) is 15.0 Å². The summed E-state index contributed by atoms with van der Waals surface area (Å²) < 4.78 is 5.34. The smallest absolute Gasteiger partial charge is 0.323 e. The summed E-state index contributed by atoms with van der Waals surface area (Å²) in [6.07, 6.45) is 0.964. The lowest BCUT2D eigenvalue weighted by atomic mass is 10.1. The molecular formula is C14H17N5O. The molecule has 0 radical (unpaired) electrons. The maximum absolute atomic E-state index is 5.75. The van der Waals surface area contributed by atoms with E-state index in [0.717, 1.165) is 12.1 Å². The molecule has 6 heteroatoms. The number of benzene rings is 1. The predicted molar refractivity (Wildman–Crippen MR) is 77.2 cm³/mol. The molecule has 0 aliphatic carbocycles. The second-order valence-corrected chi connectivity index (χ2v) is 4.76. The number of anilines is 3. The number of hydrogen-bond donors (Lipinski definition) is 1. The van der Waals surface area contributed by atoms with Crippen molar-refractivity contribution in [2.24, 2.45) is 0 Å². The number of ether oxygens (including phenoxy) is 1. The van der Waals surface area contributed by atoms with E-state index in [0.29, 0.717) is 12.6 Å². The van der Waals surface area contributed by atoms with Crippen molar-refractivity contribution in [2.75, 3.05) is 17.2 Å². The predicted octanol–water partition coefficient (Wildman–Crippen LogP) is 1.94. The summed E-state index contributed by atoms with van der Waals surface area (Å²) in [5, 5.41) is 0. The van der Waals surface area contributed by atoms with Gasteiger partial charge in [0.2, 0.25) is 11.9 Å². The van der Waals surface area contributed by atoms with Gasteiger partial charge in [0.1, 0.15) is 0 Å². The van der Waals surface area contributed by atoms with Crippen LogP contribution in [0.3, 0.4) is 0 Å². The highest BCUT2D eigenvalue weighted by atomic mass is 16.5. The number of rotatable bonds is 3. The van der Waals surface area contributed by atoms with E-state index >= 15 is 0 Å². The van der Waals surface area contributed by atoms with Gasteiger partial charge in [-0.15, -0.1) is 0 Å². The van der Waals surface area contributed by atoms with Crippen molar-refractivity contribution >= 4 is 17.6 Å². The molecule has 3 rings (SSSR count). The molecule has 20 heavy (non-hydrogen) atoms. The van der Waals surface area contributed by atoms with Crippen molar-refractivity contribution < 1.29 is 4.74 Å². The van der Waals surface area contributed by atoms with Gasteiger partial charge in [0.25, 0.3) is 0 Å². The molecule has 0 saturated carbocycles. The first-order valence-electron chi connectivity index (χ1n) is 6.70. The van der Waals surface area contributed by atoms with E-state index in [1.54, 1.807) is 0 Å². The van der Waals surface area contributed by atoms with Crippen LogP contribution in [-0.4, -0.2) is 27.6 Å². The number of para-hydroxylation sites is 1. The quantitative estimate of drug-likeness (QED) is 0.919. The Hall–Kier alpha value is -2.37. The van der Waals surface area contributed by atoms with E-state index < -0.39 is 0 Å². The molecule has 2 heterocycles. The van der Waals surface area contributed by atoms with Crippen LogP contribution >= 0.6 is 0 Å². The highest BCUT2D eigenvalue weighted by Crippen LogP contribution is 2.36. The van der Waals surface area contributed by atoms with Gasteiger partial charge in [-0.25, -0.2) is 0 Å². The largest absolute Gasteiger partial charge is 0.464 e. The molecule has 1 aromatic carbocycles. The van der Waals surface area contributed by atoms with Gasteiger partial charge in [0, 0.05) is 11.7 Å². The summed E-state index contributed by atoms with van der Waals surface area (Å²) in [5.74, 6) is 0.716. The zero-order chi connectivity index (χ0) is 14.1. The molecule has 1 unspecified atom stereocenters. The molecule has 1 atom stereocenters. The van der Waals surface area contributed by atoms with Gasteiger partial charge in [-0.2, -0.15) is 15.0 Å². The van der Waals surface area contributed by atoms with E-state index in [2.05, 4.69) is 38.9 Å². The van der Waals surface area contributed by atoms with Crippen molar-refractivity contribution in [1.29, 1.82) is 0 Å². The van der Waals surface area contributed by atoms with E-state index in [4.69, 9.17) is 10.5 Å². The molecule has 1 aromatic heterocycles. The third-order valence-corrected chi connectivity index (χ3v) is 3.32. The van der Waals surface area contributed by atoms with Crippen molar-refractivity contribution in [3.05, 3.63) is 29.8 Å². The van der Waals surface area contributed by atoms with E-state index in [9.17, 15) is 0 Å². The fraction of sp³-hybridized carbons (Fsp3) is 0.357. The first-order chi connectivity index (χ1) is 9.69. The van der Waals surface area contributed by atoms with Crippen molar-refractivity contribution in [2.45, 2.75) is 26.3 Å². The number of hydrogen-bond acceptors (Lipinski definition) is 6. The Morgan fingerprint density at radius 1 is 1.30 bits per heavy atom. The number of nitrogen functional groups attached to an aromatic ring is 1. The van der Waals surface area contributed by atoms with Gasteiger partial charge < -0.3 is 15.4 Å². The van der Waals surface area contributed by atoms with Crippen LogP contribution in [0.1, 0.15) is 19.4 Å². The zero-order valence-electron chi connectivity index (χ0n) is 11.6. The normalized spacial score (nSPS) is 17.1. The summed E-state index contributed by atoms with van der Waals surface area (Å²) in [6.45, 7) is 4.52. The Balaban J connectivity index is 2.04. The van der Waals surface area contributed by atoms with Gasteiger partial charge in [-0.1, -0.05) is 18.2 Å². The van der Waals surface area contributed by atoms with Crippen LogP contribution in [0.15, 0.2) is 24.3 Å². The van der Waals surface area contributed by atoms with Crippen LogP contribution in [0.25, 0.3) is 0 Å². The first-order valence-corrected chi connectivity index (χ1v) is 6.70. The molecular weight excluding hydrogens is 254 g/mol. The van der Waals surface area contributed by atoms with Crippen LogP contribution in [0.4, 0.5) is 17.6 Å². The highest BCUT2D eigenvalue weighted by molar-refractivity contribution is 5.67. The average Bonchev–Trinajstić information content (AvgIpc) is 2.74. The Bertz CT molecular complexity index is 631. The summed E-state index contributed by atoms with van der Waals surface area (Å²) in [6, 6.07) is 8.80. The molecule has 1 aliphatic rings. The second-order valence-electron chi connectivity index (χ2n) is 4.76. The van der Waals surface area contributed by atoms with E-state index in [1.165, 1.54) is 5.56 Å². The highest BCUT2D eigenvalue weighted by Gasteiger charge is 2.29. The van der Waals surface area contributed by atoms with Gasteiger partial charge in [0.15, 0.2) is 0 Å². The van der Waals surface area contributed by atoms with Crippen LogP contribution in [-0.2, 0) is 6.42 Å². The van der Waals surface area contributed by atoms with Crippen LogP contribution in [0, 0.1) is 0 Å². The Labute approximate surface area is 117 Å².